The van der Waals surface area contributed by atoms with Crippen LogP contribution in [0.2, 0.25) is 0 Å². The lowest BCUT2D eigenvalue weighted by Gasteiger charge is -2.01. The summed E-state index contributed by atoms with van der Waals surface area (Å²) in [7, 11) is 0. The van der Waals surface area contributed by atoms with Crippen LogP contribution in [-0.4, -0.2) is 35.3 Å². The molecule has 0 aliphatic heterocycles. The molecule has 0 bridgehead atoms. The highest BCUT2D eigenvalue weighted by Crippen LogP contribution is 2.34. The highest BCUT2D eigenvalue weighted by molar-refractivity contribution is 6.01. The minimum Gasteiger partial charge on any atom is -0.352 e. The Morgan fingerprint density at radius 1 is 0.724 bits per heavy atom. The first-order valence-electron chi connectivity index (χ1n) is 9.21. The number of H-pyrrole nitrogens is 3. The van der Waals surface area contributed by atoms with E-state index in [1.165, 1.54) is 0 Å². The van der Waals surface area contributed by atoms with Crippen LogP contribution in [0.15, 0.2) is 73.6 Å². The zero-order valence-electron chi connectivity index (χ0n) is 15.2. The van der Waals surface area contributed by atoms with Gasteiger partial charge in [0, 0.05) is 46.7 Å². The molecule has 7 heteroatoms. The highest BCUT2D eigenvalue weighted by Gasteiger charge is 2.14. The Kier molecular flexibility index (Phi) is 3.33. The van der Waals surface area contributed by atoms with E-state index in [4.69, 9.17) is 0 Å². The van der Waals surface area contributed by atoms with Crippen LogP contribution in [0.1, 0.15) is 0 Å². The number of benzene rings is 1. The smallest absolute Gasteiger partial charge is 0.116 e. The predicted molar refractivity (Wildman–Crippen MR) is 112 cm³/mol. The van der Waals surface area contributed by atoms with Gasteiger partial charge < -0.3 is 4.98 Å². The Labute approximate surface area is 164 Å². The molecular formula is C22H15N7. The van der Waals surface area contributed by atoms with Crippen LogP contribution in [0.25, 0.3) is 55.4 Å². The molecule has 0 saturated carbocycles. The van der Waals surface area contributed by atoms with Gasteiger partial charge in [-0.25, -0.2) is 0 Å². The minimum absolute atomic E-state index is 0.877. The van der Waals surface area contributed by atoms with E-state index in [2.05, 4.69) is 53.5 Å². The fourth-order valence-corrected chi connectivity index (χ4v) is 3.75. The number of pyridine rings is 2. The van der Waals surface area contributed by atoms with Crippen molar-refractivity contribution in [3.8, 4) is 33.6 Å². The van der Waals surface area contributed by atoms with Crippen molar-refractivity contribution in [3.05, 3.63) is 73.6 Å². The topological polar surface area (TPSA) is 98.9 Å². The van der Waals surface area contributed by atoms with Crippen molar-refractivity contribution in [2.75, 3.05) is 0 Å². The van der Waals surface area contributed by atoms with Gasteiger partial charge >= 0.3 is 0 Å². The van der Waals surface area contributed by atoms with Crippen LogP contribution in [0.5, 0.6) is 0 Å². The second-order valence-corrected chi connectivity index (χ2v) is 6.89. The minimum atomic E-state index is 0.877. The van der Waals surface area contributed by atoms with Gasteiger partial charge in [-0.3, -0.25) is 20.2 Å². The summed E-state index contributed by atoms with van der Waals surface area (Å²) in [6.45, 7) is 0. The second-order valence-electron chi connectivity index (χ2n) is 6.89. The number of hydrogen-bond acceptors (Lipinski definition) is 4. The first-order chi connectivity index (χ1) is 14.4. The van der Waals surface area contributed by atoms with Crippen molar-refractivity contribution >= 4 is 21.8 Å². The molecule has 6 aromatic rings. The van der Waals surface area contributed by atoms with Gasteiger partial charge in [0.25, 0.3) is 0 Å². The molecule has 138 valence electrons. The summed E-state index contributed by atoms with van der Waals surface area (Å²) in [6.07, 6.45) is 11.0. The molecule has 0 fully saturated rings. The number of aromatic amines is 3. The Balaban J connectivity index is 1.54. The monoisotopic (exact) mass is 377 g/mol. The fourth-order valence-electron chi connectivity index (χ4n) is 3.75. The van der Waals surface area contributed by atoms with Gasteiger partial charge in [0.05, 0.1) is 29.1 Å². The molecule has 0 spiro atoms. The number of aromatic nitrogens is 7. The van der Waals surface area contributed by atoms with Gasteiger partial charge in [-0.2, -0.15) is 10.2 Å². The van der Waals surface area contributed by atoms with Crippen LogP contribution in [0.4, 0.5) is 0 Å². The second kappa shape index (κ2) is 6.13. The van der Waals surface area contributed by atoms with Crippen molar-refractivity contribution in [2.24, 2.45) is 0 Å². The van der Waals surface area contributed by atoms with E-state index in [1.54, 1.807) is 12.4 Å². The molecule has 0 aliphatic rings. The molecule has 0 saturated heterocycles. The van der Waals surface area contributed by atoms with Crippen molar-refractivity contribution in [1.29, 1.82) is 0 Å². The molecule has 0 radical (unpaired) electrons. The van der Waals surface area contributed by atoms with Crippen molar-refractivity contribution in [3.63, 3.8) is 0 Å². The standard InChI is InChI=1S/C22H15N7/c1-2-19-17(7-14(1)15-9-25-26-10-15)22(29-28-19)20-8-16-18(11-24-12-21(16)27-20)13-3-5-23-6-4-13/h1-12,27H,(H,25,26)(H,28,29). The predicted octanol–water partition coefficient (Wildman–Crippen LogP) is 4.56. The maximum absolute atomic E-state index is 4.58. The van der Waals surface area contributed by atoms with E-state index >= 15 is 0 Å². The Hall–Kier alpha value is -4.26. The summed E-state index contributed by atoms with van der Waals surface area (Å²) < 4.78 is 0. The lowest BCUT2D eigenvalue weighted by molar-refractivity contribution is 1.09. The quantitative estimate of drug-likeness (QED) is 0.421. The van der Waals surface area contributed by atoms with E-state index < -0.39 is 0 Å². The van der Waals surface area contributed by atoms with E-state index in [0.717, 1.165) is 55.4 Å². The molecule has 3 N–H and O–H groups in total. The van der Waals surface area contributed by atoms with Gasteiger partial charge in [0.15, 0.2) is 0 Å². The summed E-state index contributed by atoms with van der Waals surface area (Å²) in [5.41, 5.74) is 8.05. The molecule has 6 rings (SSSR count). The fraction of sp³-hybridized carbons (Fsp3) is 0. The van der Waals surface area contributed by atoms with Crippen LogP contribution in [0.3, 0.4) is 0 Å². The van der Waals surface area contributed by atoms with E-state index in [-0.39, 0.29) is 0 Å². The lowest BCUT2D eigenvalue weighted by Crippen LogP contribution is -1.82. The van der Waals surface area contributed by atoms with Gasteiger partial charge in [0.2, 0.25) is 0 Å². The van der Waals surface area contributed by atoms with Crippen molar-refractivity contribution in [2.45, 2.75) is 0 Å². The Morgan fingerprint density at radius 3 is 2.52 bits per heavy atom. The third kappa shape index (κ3) is 2.52. The maximum atomic E-state index is 4.58. The van der Waals surface area contributed by atoms with Crippen molar-refractivity contribution < 1.29 is 0 Å². The summed E-state index contributed by atoms with van der Waals surface area (Å²) >= 11 is 0. The number of nitrogens with zero attached hydrogens (tertiary/aromatic N) is 4. The number of rotatable bonds is 3. The summed E-state index contributed by atoms with van der Waals surface area (Å²) in [5.74, 6) is 0. The van der Waals surface area contributed by atoms with Crippen LogP contribution < -0.4 is 0 Å². The number of hydrogen-bond donors (Lipinski definition) is 3. The molecule has 0 unspecified atom stereocenters. The first-order valence-corrected chi connectivity index (χ1v) is 9.21. The van der Waals surface area contributed by atoms with Gasteiger partial charge in [-0.15, -0.1) is 0 Å². The number of fused-ring (bicyclic) bond motifs is 2. The summed E-state index contributed by atoms with van der Waals surface area (Å²) in [4.78, 5) is 12.0. The summed E-state index contributed by atoms with van der Waals surface area (Å²) in [5, 5.41) is 16.8. The molecule has 29 heavy (non-hydrogen) atoms. The lowest BCUT2D eigenvalue weighted by atomic mass is 10.0. The van der Waals surface area contributed by atoms with E-state index in [9.17, 15) is 0 Å². The molecule has 0 amide bonds. The molecule has 5 aromatic heterocycles. The Morgan fingerprint density at radius 2 is 1.66 bits per heavy atom. The third-order valence-corrected chi connectivity index (χ3v) is 5.19. The average Bonchev–Trinajstić information content (AvgIpc) is 3.52. The third-order valence-electron chi connectivity index (χ3n) is 5.19. The van der Waals surface area contributed by atoms with Crippen LogP contribution in [0, 0.1) is 0 Å². The zero-order valence-corrected chi connectivity index (χ0v) is 15.2. The van der Waals surface area contributed by atoms with Crippen LogP contribution in [-0.2, 0) is 0 Å². The molecule has 5 heterocycles. The highest BCUT2D eigenvalue weighted by atomic mass is 15.1. The van der Waals surface area contributed by atoms with Gasteiger partial charge in [-0.05, 0) is 41.5 Å². The van der Waals surface area contributed by atoms with Gasteiger partial charge in [0.1, 0.15) is 5.69 Å². The normalized spacial score (nSPS) is 11.4. The molecule has 7 nitrogen and oxygen atoms in total. The maximum Gasteiger partial charge on any atom is 0.116 e. The van der Waals surface area contributed by atoms with Gasteiger partial charge in [-0.1, -0.05) is 6.07 Å². The molecule has 0 atom stereocenters. The molecule has 1 aromatic carbocycles. The zero-order chi connectivity index (χ0) is 19.2. The summed E-state index contributed by atoms with van der Waals surface area (Å²) in [6, 6.07) is 12.3. The molecule has 0 aliphatic carbocycles. The number of nitrogens with one attached hydrogen (secondary N) is 3. The SMILES string of the molecule is c1cc(-c2cncc3[nH]c(-c4n[nH]c5ccc(-c6cn[nH]c6)cc45)cc23)ccn1. The first kappa shape index (κ1) is 15.8. The largest absolute Gasteiger partial charge is 0.352 e. The van der Waals surface area contributed by atoms with Crippen LogP contribution >= 0.6 is 0 Å². The average molecular weight is 377 g/mol. The van der Waals surface area contributed by atoms with Crippen molar-refractivity contribution in [1.82, 2.24) is 35.3 Å². The molecular weight excluding hydrogens is 362 g/mol. The van der Waals surface area contributed by atoms with E-state index in [0.29, 0.717) is 0 Å². The van der Waals surface area contributed by atoms with E-state index in [1.807, 2.05) is 43.0 Å². The Bertz CT molecular complexity index is 1440.